The topological polar surface area (TPSA) is 32.3 Å². The lowest BCUT2D eigenvalue weighted by Gasteiger charge is -2.34. The Labute approximate surface area is 147 Å². The minimum atomic E-state index is 0.213. The standard InChI is InChI=1S/C21H32N2O/c1-4-19(5-2)21(24)23-13-11-20(12-14-23)22-16-17(3)15-18-9-7-6-8-10-18/h6-10,15,19-20,22H,4-5,11-14,16H2,1-3H3/b17-15+. The lowest BCUT2D eigenvalue weighted by Crippen LogP contribution is -2.46. The summed E-state index contributed by atoms with van der Waals surface area (Å²) in [6.07, 6.45) is 6.27. The molecule has 3 nitrogen and oxygen atoms in total. The molecule has 1 N–H and O–H groups in total. The number of amides is 1. The fourth-order valence-corrected chi connectivity index (χ4v) is 3.39. The van der Waals surface area contributed by atoms with Gasteiger partial charge in [-0.2, -0.15) is 0 Å². The normalized spacial score (nSPS) is 16.7. The molecule has 24 heavy (non-hydrogen) atoms. The van der Waals surface area contributed by atoms with Crippen LogP contribution in [0.25, 0.3) is 6.08 Å². The molecule has 0 radical (unpaired) electrons. The average Bonchev–Trinajstić information content (AvgIpc) is 2.62. The summed E-state index contributed by atoms with van der Waals surface area (Å²) in [5.41, 5.74) is 2.60. The van der Waals surface area contributed by atoms with E-state index in [0.717, 1.165) is 45.3 Å². The second-order valence-electron chi connectivity index (χ2n) is 6.90. The number of hydrogen-bond acceptors (Lipinski definition) is 2. The third-order valence-electron chi connectivity index (χ3n) is 5.02. The number of rotatable bonds is 7. The number of likely N-dealkylation sites (tertiary alicyclic amines) is 1. The highest BCUT2D eigenvalue weighted by Crippen LogP contribution is 2.17. The van der Waals surface area contributed by atoms with Gasteiger partial charge < -0.3 is 10.2 Å². The lowest BCUT2D eigenvalue weighted by atomic mass is 9.98. The molecule has 1 aromatic carbocycles. The summed E-state index contributed by atoms with van der Waals surface area (Å²) in [5, 5.41) is 3.65. The molecule has 0 spiro atoms. The van der Waals surface area contributed by atoms with E-state index in [0.29, 0.717) is 11.9 Å². The predicted octanol–water partition coefficient (Wildman–Crippen LogP) is 4.11. The maximum Gasteiger partial charge on any atom is 0.225 e. The first-order chi connectivity index (χ1) is 11.6. The van der Waals surface area contributed by atoms with Gasteiger partial charge in [-0.05, 0) is 38.2 Å². The largest absolute Gasteiger partial charge is 0.342 e. The number of nitrogens with zero attached hydrogens (tertiary/aromatic N) is 1. The quantitative estimate of drug-likeness (QED) is 0.817. The molecular weight excluding hydrogens is 296 g/mol. The van der Waals surface area contributed by atoms with Crippen LogP contribution in [0.15, 0.2) is 35.9 Å². The number of benzene rings is 1. The third kappa shape index (κ3) is 5.48. The smallest absolute Gasteiger partial charge is 0.225 e. The van der Waals surface area contributed by atoms with Gasteiger partial charge in [0.15, 0.2) is 0 Å². The first-order valence-electron chi connectivity index (χ1n) is 9.38. The molecule has 1 heterocycles. The van der Waals surface area contributed by atoms with Crippen LogP contribution in [0, 0.1) is 5.92 Å². The highest BCUT2D eigenvalue weighted by Gasteiger charge is 2.26. The molecule has 1 fully saturated rings. The fraction of sp³-hybridized carbons (Fsp3) is 0.571. The zero-order valence-electron chi connectivity index (χ0n) is 15.4. The van der Waals surface area contributed by atoms with E-state index in [1.165, 1.54) is 11.1 Å². The molecule has 0 atom stereocenters. The summed E-state index contributed by atoms with van der Waals surface area (Å²) in [5.74, 6) is 0.573. The maximum atomic E-state index is 12.4. The molecule has 1 aliphatic heterocycles. The van der Waals surface area contributed by atoms with Gasteiger partial charge in [-0.1, -0.05) is 55.8 Å². The Hall–Kier alpha value is -1.61. The van der Waals surface area contributed by atoms with Gasteiger partial charge in [0.25, 0.3) is 0 Å². The van der Waals surface area contributed by atoms with Crippen molar-refractivity contribution in [2.45, 2.75) is 52.5 Å². The van der Waals surface area contributed by atoms with Crippen molar-refractivity contribution >= 4 is 12.0 Å². The van der Waals surface area contributed by atoms with Gasteiger partial charge in [-0.25, -0.2) is 0 Å². The van der Waals surface area contributed by atoms with E-state index in [9.17, 15) is 4.79 Å². The fourth-order valence-electron chi connectivity index (χ4n) is 3.39. The van der Waals surface area contributed by atoms with Crippen molar-refractivity contribution in [1.29, 1.82) is 0 Å². The SMILES string of the molecule is CCC(CC)C(=O)N1CCC(NC/C(C)=C/c2ccccc2)CC1. The summed E-state index contributed by atoms with van der Waals surface area (Å²) in [6, 6.07) is 11.0. The van der Waals surface area contributed by atoms with Gasteiger partial charge in [0.2, 0.25) is 5.91 Å². The Morgan fingerprint density at radius 3 is 2.42 bits per heavy atom. The van der Waals surface area contributed by atoms with Crippen LogP contribution in [0.4, 0.5) is 0 Å². The first kappa shape index (κ1) is 18.7. The molecule has 0 saturated carbocycles. The van der Waals surface area contributed by atoms with Crippen molar-refractivity contribution in [3.63, 3.8) is 0 Å². The molecule has 2 rings (SSSR count). The zero-order valence-corrected chi connectivity index (χ0v) is 15.4. The van der Waals surface area contributed by atoms with Crippen LogP contribution < -0.4 is 5.32 Å². The van der Waals surface area contributed by atoms with Gasteiger partial charge in [0, 0.05) is 31.6 Å². The number of carbonyl (C=O) groups excluding carboxylic acids is 1. The summed E-state index contributed by atoms with van der Waals surface area (Å²) in [4.78, 5) is 14.5. The molecule has 0 aliphatic carbocycles. The number of hydrogen-bond donors (Lipinski definition) is 1. The van der Waals surface area contributed by atoms with Crippen LogP contribution in [0.2, 0.25) is 0 Å². The van der Waals surface area contributed by atoms with Gasteiger partial charge in [-0.15, -0.1) is 0 Å². The van der Waals surface area contributed by atoms with Crippen LogP contribution in [0.1, 0.15) is 52.0 Å². The molecule has 0 bridgehead atoms. The number of carbonyl (C=O) groups is 1. The van der Waals surface area contributed by atoms with Crippen LogP contribution >= 0.6 is 0 Å². The Bertz CT molecular complexity index is 526. The Morgan fingerprint density at radius 1 is 1.21 bits per heavy atom. The van der Waals surface area contributed by atoms with E-state index < -0.39 is 0 Å². The average molecular weight is 329 g/mol. The van der Waals surface area contributed by atoms with Gasteiger partial charge in [-0.3, -0.25) is 4.79 Å². The molecule has 0 unspecified atom stereocenters. The van der Waals surface area contributed by atoms with Crippen molar-refractivity contribution in [3.8, 4) is 0 Å². The van der Waals surface area contributed by atoms with Crippen LogP contribution in [-0.4, -0.2) is 36.5 Å². The molecule has 1 amide bonds. The van der Waals surface area contributed by atoms with E-state index >= 15 is 0 Å². The second kappa shape index (κ2) is 9.63. The van der Waals surface area contributed by atoms with E-state index in [1.807, 2.05) is 6.07 Å². The second-order valence-corrected chi connectivity index (χ2v) is 6.90. The van der Waals surface area contributed by atoms with Crippen molar-refractivity contribution in [1.82, 2.24) is 10.2 Å². The van der Waals surface area contributed by atoms with E-state index in [1.54, 1.807) is 0 Å². The maximum absolute atomic E-state index is 12.4. The molecule has 3 heteroatoms. The van der Waals surface area contributed by atoms with Crippen LogP contribution in [-0.2, 0) is 4.79 Å². The number of piperidine rings is 1. The Balaban J connectivity index is 1.75. The van der Waals surface area contributed by atoms with Gasteiger partial charge in [0.05, 0.1) is 0 Å². The zero-order chi connectivity index (χ0) is 17.4. The third-order valence-corrected chi connectivity index (χ3v) is 5.02. The molecule has 1 saturated heterocycles. The molecular formula is C21H32N2O. The molecule has 132 valence electrons. The van der Waals surface area contributed by atoms with Crippen LogP contribution in [0.3, 0.4) is 0 Å². The Morgan fingerprint density at radius 2 is 1.83 bits per heavy atom. The van der Waals surface area contributed by atoms with E-state index in [-0.39, 0.29) is 5.92 Å². The van der Waals surface area contributed by atoms with Crippen molar-refractivity contribution in [2.24, 2.45) is 5.92 Å². The summed E-state index contributed by atoms with van der Waals surface area (Å²) >= 11 is 0. The minimum absolute atomic E-state index is 0.213. The highest BCUT2D eigenvalue weighted by molar-refractivity contribution is 5.78. The lowest BCUT2D eigenvalue weighted by molar-refractivity contribution is -0.136. The summed E-state index contributed by atoms with van der Waals surface area (Å²) in [7, 11) is 0. The minimum Gasteiger partial charge on any atom is -0.342 e. The number of nitrogens with one attached hydrogen (secondary N) is 1. The molecule has 1 aromatic rings. The van der Waals surface area contributed by atoms with Gasteiger partial charge in [0.1, 0.15) is 0 Å². The van der Waals surface area contributed by atoms with Crippen molar-refractivity contribution < 1.29 is 4.79 Å². The van der Waals surface area contributed by atoms with Gasteiger partial charge >= 0.3 is 0 Å². The van der Waals surface area contributed by atoms with Crippen molar-refractivity contribution in [2.75, 3.05) is 19.6 Å². The van der Waals surface area contributed by atoms with E-state index in [4.69, 9.17) is 0 Å². The monoisotopic (exact) mass is 328 g/mol. The first-order valence-corrected chi connectivity index (χ1v) is 9.38. The predicted molar refractivity (Wildman–Crippen MR) is 102 cm³/mol. The van der Waals surface area contributed by atoms with Crippen LogP contribution in [0.5, 0.6) is 0 Å². The van der Waals surface area contributed by atoms with Crippen molar-refractivity contribution in [3.05, 3.63) is 41.5 Å². The molecule has 0 aromatic heterocycles. The summed E-state index contributed by atoms with van der Waals surface area (Å²) < 4.78 is 0. The highest BCUT2D eigenvalue weighted by atomic mass is 16.2. The molecule has 1 aliphatic rings. The summed E-state index contributed by atoms with van der Waals surface area (Å²) in [6.45, 7) is 9.11. The Kier molecular flexibility index (Phi) is 7.51. The van der Waals surface area contributed by atoms with E-state index in [2.05, 4.69) is 61.3 Å².